The van der Waals surface area contributed by atoms with Crippen LogP contribution in [0.25, 0.3) is 0 Å². The Morgan fingerprint density at radius 1 is 1.44 bits per heavy atom. The standard InChI is InChI=1S/C13H24N2O3/c1-4-14-12(16)10(3)15-8-6-7-11(9-15)13(17)18-5-2/h10-11H,4-9H2,1-3H3,(H,14,16)/t10?,11-/m1/s1. The fourth-order valence-electron chi connectivity index (χ4n) is 2.30. The minimum Gasteiger partial charge on any atom is -0.466 e. The maximum atomic E-state index is 11.8. The molecule has 0 aromatic rings. The Kier molecular flexibility index (Phi) is 6.12. The molecule has 1 unspecified atom stereocenters. The average molecular weight is 256 g/mol. The van der Waals surface area contributed by atoms with Crippen LogP contribution in [-0.4, -0.2) is 49.1 Å². The molecule has 18 heavy (non-hydrogen) atoms. The summed E-state index contributed by atoms with van der Waals surface area (Å²) in [5.74, 6) is -0.192. The number of hydrogen-bond donors (Lipinski definition) is 1. The van der Waals surface area contributed by atoms with Crippen molar-refractivity contribution in [1.29, 1.82) is 0 Å². The van der Waals surface area contributed by atoms with E-state index >= 15 is 0 Å². The number of hydrogen-bond acceptors (Lipinski definition) is 4. The first-order valence-electron chi connectivity index (χ1n) is 6.78. The van der Waals surface area contributed by atoms with E-state index in [2.05, 4.69) is 10.2 Å². The van der Waals surface area contributed by atoms with Gasteiger partial charge in [0.15, 0.2) is 0 Å². The van der Waals surface area contributed by atoms with Gasteiger partial charge in [0.2, 0.25) is 5.91 Å². The minimum absolute atomic E-state index is 0.0296. The smallest absolute Gasteiger partial charge is 0.310 e. The highest BCUT2D eigenvalue weighted by molar-refractivity contribution is 5.81. The van der Waals surface area contributed by atoms with E-state index in [0.29, 0.717) is 19.7 Å². The number of likely N-dealkylation sites (N-methyl/N-ethyl adjacent to an activating group) is 1. The molecular weight excluding hydrogens is 232 g/mol. The van der Waals surface area contributed by atoms with Crippen molar-refractivity contribution < 1.29 is 14.3 Å². The molecule has 0 aromatic heterocycles. The first-order valence-corrected chi connectivity index (χ1v) is 6.78. The van der Waals surface area contributed by atoms with Crippen molar-refractivity contribution in [2.24, 2.45) is 5.92 Å². The minimum atomic E-state index is -0.179. The lowest BCUT2D eigenvalue weighted by atomic mass is 9.97. The van der Waals surface area contributed by atoms with Crippen LogP contribution < -0.4 is 5.32 Å². The molecule has 1 aliphatic rings. The normalized spacial score (nSPS) is 22.3. The van der Waals surface area contributed by atoms with Gasteiger partial charge in [-0.2, -0.15) is 0 Å². The van der Waals surface area contributed by atoms with Gasteiger partial charge in [-0.05, 0) is 40.2 Å². The lowest BCUT2D eigenvalue weighted by Gasteiger charge is -2.34. The largest absolute Gasteiger partial charge is 0.466 e. The number of carbonyl (C=O) groups excluding carboxylic acids is 2. The molecule has 0 saturated carbocycles. The van der Waals surface area contributed by atoms with E-state index in [0.717, 1.165) is 19.4 Å². The zero-order valence-electron chi connectivity index (χ0n) is 11.6. The van der Waals surface area contributed by atoms with Crippen LogP contribution in [0, 0.1) is 5.92 Å². The van der Waals surface area contributed by atoms with E-state index in [1.54, 1.807) is 0 Å². The monoisotopic (exact) mass is 256 g/mol. The number of nitrogens with one attached hydrogen (secondary N) is 1. The molecule has 0 bridgehead atoms. The highest BCUT2D eigenvalue weighted by Gasteiger charge is 2.31. The third-order valence-electron chi connectivity index (χ3n) is 3.35. The lowest BCUT2D eigenvalue weighted by molar-refractivity contribution is -0.151. The average Bonchev–Trinajstić information content (AvgIpc) is 2.38. The van der Waals surface area contributed by atoms with E-state index in [4.69, 9.17) is 4.74 Å². The molecule has 0 aliphatic carbocycles. The van der Waals surface area contributed by atoms with Crippen LogP contribution in [0.4, 0.5) is 0 Å². The van der Waals surface area contributed by atoms with Crippen molar-refractivity contribution in [3.63, 3.8) is 0 Å². The SMILES string of the molecule is CCNC(=O)C(C)N1CCC[C@@H](C(=O)OCC)C1. The van der Waals surface area contributed by atoms with Gasteiger partial charge in [-0.25, -0.2) is 0 Å². The molecular formula is C13H24N2O3. The zero-order valence-corrected chi connectivity index (χ0v) is 11.6. The number of piperidine rings is 1. The third kappa shape index (κ3) is 3.98. The van der Waals surface area contributed by atoms with E-state index in [-0.39, 0.29) is 23.8 Å². The molecule has 104 valence electrons. The van der Waals surface area contributed by atoms with Crippen LogP contribution in [0.2, 0.25) is 0 Å². The van der Waals surface area contributed by atoms with Crippen LogP contribution in [0.3, 0.4) is 0 Å². The number of rotatable bonds is 5. The summed E-state index contributed by atoms with van der Waals surface area (Å²) in [6.07, 6.45) is 1.80. The third-order valence-corrected chi connectivity index (χ3v) is 3.35. The zero-order chi connectivity index (χ0) is 13.5. The predicted molar refractivity (Wildman–Crippen MR) is 69.1 cm³/mol. The Balaban J connectivity index is 2.52. The van der Waals surface area contributed by atoms with Crippen molar-refractivity contribution in [2.75, 3.05) is 26.2 Å². The summed E-state index contributed by atoms with van der Waals surface area (Å²) in [4.78, 5) is 25.6. The van der Waals surface area contributed by atoms with Crippen LogP contribution in [0.15, 0.2) is 0 Å². The van der Waals surface area contributed by atoms with Gasteiger partial charge < -0.3 is 10.1 Å². The summed E-state index contributed by atoms with van der Waals surface area (Å²) < 4.78 is 5.05. The Hall–Kier alpha value is -1.10. The van der Waals surface area contributed by atoms with Crippen molar-refractivity contribution in [3.05, 3.63) is 0 Å². The number of likely N-dealkylation sites (tertiary alicyclic amines) is 1. The van der Waals surface area contributed by atoms with Crippen LogP contribution in [0.1, 0.15) is 33.6 Å². The molecule has 1 fully saturated rings. The predicted octanol–water partition coefficient (Wildman–Crippen LogP) is 0.786. The Morgan fingerprint density at radius 3 is 2.78 bits per heavy atom. The van der Waals surface area contributed by atoms with Crippen molar-refractivity contribution >= 4 is 11.9 Å². The Bertz CT molecular complexity index is 278. The van der Waals surface area contributed by atoms with Crippen LogP contribution >= 0.6 is 0 Å². The number of nitrogens with zero attached hydrogens (tertiary/aromatic N) is 1. The number of ether oxygens (including phenoxy) is 1. The molecule has 0 radical (unpaired) electrons. The molecule has 1 aliphatic heterocycles. The van der Waals surface area contributed by atoms with Gasteiger partial charge in [0, 0.05) is 13.1 Å². The quantitative estimate of drug-likeness (QED) is 0.739. The van der Waals surface area contributed by atoms with E-state index < -0.39 is 0 Å². The molecule has 1 rings (SSSR count). The van der Waals surface area contributed by atoms with E-state index in [1.807, 2.05) is 20.8 Å². The molecule has 1 N–H and O–H groups in total. The highest BCUT2D eigenvalue weighted by atomic mass is 16.5. The van der Waals surface area contributed by atoms with Gasteiger partial charge in [-0.1, -0.05) is 0 Å². The van der Waals surface area contributed by atoms with E-state index in [9.17, 15) is 9.59 Å². The summed E-state index contributed by atoms with van der Waals surface area (Å²) in [6.45, 7) is 8.15. The number of esters is 1. The Morgan fingerprint density at radius 2 is 2.17 bits per heavy atom. The molecule has 0 spiro atoms. The van der Waals surface area contributed by atoms with Crippen molar-refractivity contribution in [1.82, 2.24) is 10.2 Å². The second-order valence-corrected chi connectivity index (χ2v) is 4.66. The van der Waals surface area contributed by atoms with Crippen LogP contribution in [0.5, 0.6) is 0 Å². The topological polar surface area (TPSA) is 58.6 Å². The molecule has 2 atom stereocenters. The summed E-state index contributed by atoms with van der Waals surface area (Å²) >= 11 is 0. The summed E-state index contributed by atoms with van der Waals surface area (Å²) in [7, 11) is 0. The summed E-state index contributed by atoms with van der Waals surface area (Å²) in [5, 5.41) is 2.82. The maximum absolute atomic E-state index is 11.8. The first-order chi connectivity index (χ1) is 8.60. The molecule has 0 aromatic carbocycles. The molecule has 1 heterocycles. The van der Waals surface area contributed by atoms with Gasteiger partial charge in [-0.3, -0.25) is 14.5 Å². The fourth-order valence-corrected chi connectivity index (χ4v) is 2.30. The second-order valence-electron chi connectivity index (χ2n) is 4.66. The molecule has 5 heteroatoms. The van der Waals surface area contributed by atoms with Crippen LogP contribution in [-0.2, 0) is 14.3 Å². The first kappa shape index (κ1) is 15.0. The number of amides is 1. The summed E-state index contributed by atoms with van der Waals surface area (Å²) in [5.41, 5.74) is 0. The fraction of sp³-hybridized carbons (Fsp3) is 0.846. The summed E-state index contributed by atoms with van der Waals surface area (Å²) in [6, 6.07) is -0.179. The lowest BCUT2D eigenvalue weighted by Crippen LogP contribution is -2.50. The van der Waals surface area contributed by atoms with Crippen molar-refractivity contribution in [2.45, 2.75) is 39.7 Å². The van der Waals surface area contributed by atoms with Gasteiger partial charge in [-0.15, -0.1) is 0 Å². The Labute approximate surface area is 109 Å². The van der Waals surface area contributed by atoms with Gasteiger partial charge in [0.1, 0.15) is 0 Å². The van der Waals surface area contributed by atoms with E-state index in [1.165, 1.54) is 0 Å². The van der Waals surface area contributed by atoms with Gasteiger partial charge in [0.25, 0.3) is 0 Å². The maximum Gasteiger partial charge on any atom is 0.310 e. The highest BCUT2D eigenvalue weighted by Crippen LogP contribution is 2.19. The molecule has 1 amide bonds. The van der Waals surface area contributed by atoms with Gasteiger partial charge >= 0.3 is 5.97 Å². The number of carbonyl (C=O) groups is 2. The second kappa shape index (κ2) is 7.36. The van der Waals surface area contributed by atoms with Gasteiger partial charge in [0.05, 0.1) is 18.6 Å². The van der Waals surface area contributed by atoms with Crippen molar-refractivity contribution in [3.8, 4) is 0 Å². The molecule has 1 saturated heterocycles. The molecule has 5 nitrogen and oxygen atoms in total.